The molecule has 3 aliphatic rings. The monoisotopic (exact) mass is 244 g/mol. The molecule has 0 bridgehead atoms. The molecule has 0 aromatic heterocycles. The Morgan fingerprint density at radius 2 is 1.94 bits per heavy atom. The van der Waals surface area contributed by atoms with Crippen LogP contribution < -0.4 is 0 Å². The minimum atomic E-state index is -0.632. The van der Waals surface area contributed by atoms with Crippen molar-refractivity contribution in [3.05, 3.63) is 58.6 Å². The van der Waals surface area contributed by atoms with Crippen LogP contribution in [0.2, 0.25) is 0 Å². The topological polar surface area (TPSA) is 27.7 Å². The summed E-state index contributed by atoms with van der Waals surface area (Å²) in [7, 11) is 0. The lowest BCUT2D eigenvalue weighted by atomic mass is 9.78. The molecule has 0 fully saturated rings. The van der Waals surface area contributed by atoms with Gasteiger partial charge in [0.25, 0.3) is 0 Å². The molecule has 2 heterocycles. The molecule has 3 heteroatoms. The van der Waals surface area contributed by atoms with Crippen molar-refractivity contribution in [3.8, 4) is 0 Å². The molecule has 0 saturated heterocycles. The summed E-state index contributed by atoms with van der Waals surface area (Å²) < 4.78 is 5.46. The van der Waals surface area contributed by atoms with Crippen molar-refractivity contribution in [1.29, 1.82) is 0 Å². The number of allylic oxidation sites excluding steroid dienone is 5. The second-order valence-electron chi connectivity index (χ2n) is 4.81. The van der Waals surface area contributed by atoms with Crippen molar-refractivity contribution in [1.82, 2.24) is 0 Å². The molecule has 0 amide bonds. The average Bonchev–Trinajstić information content (AvgIpc) is 2.50. The minimum Gasteiger partial charge on any atom is -0.497 e. The van der Waals surface area contributed by atoms with E-state index in [1.165, 1.54) is 5.57 Å². The van der Waals surface area contributed by atoms with Crippen molar-refractivity contribution in [2.24, 2.45) is 0 Å². The van der Waals surface area contributed by atoms with Gasteiger partial charge in [0.05, 0.1) is 6.26 Å². The third kappa shape index (κ3) is 1.40. The summed E-state index contributed by atoms with van der Waals surface area (Å²) in [4.78, 5) is 11.2. The van der Waals surface area contributed by atoms with Gasteiger partial charge < -0.3 is 9.62 Å². The normalized spacial score (nSPS) is 30.1. The van der Waals surface area contributed by atoms with E-state index in [-0.39, 0.29) is 0 Å². The first kappa shape index (κ1) is 11.4. The largest absolute Gasteiger partial charge is 0.497 e. The van der Waals surface area contributed by atoms with Gasteiger partial charge in [0, 0.05) is 0 Å². The van der Waals surface area contributed by atoms with Crippen LogP contribution in [0.4, 0.5) is 0 Å². The Bertz CT molecular complexity index is 546. The van der Waals surface area contributed by atoms with E-state index in [9.17, 15) is 0 Å². The van der Waals surface area contributed by atoms with E-state index in [1.54, 1.807) is 6.26 Å². The molecule has 3 rings (SSSR count). The maximum absolute atomic E-state index is 5.74. The molecule has 3 nitrogen and oxygen atoms in total. The number of ether oxygens (including phenoxy) is 1. The molecule has 94 valence electrons. The van der Waals surface area contributed by atoms with E-state index < -0.39 is 5.60 Å². The Morgan fingerprint density at radius 3 is 2.78 bits per heavy atom. The average molecular weight is 244 g/mol. The highest BCUT2D eigenvalue weighted by Crippen LogP contribution is 2.43. The number of hydrogen-bond acceptors (Lipinski definition) is 3. The lowest BCUT2D eigenvalue weighted by Crippen LogP contribution is -2.43. The van der Waals surface area contributed by atoms with Gasteiger partial charge in [-0.3, -0.25) is 0 Å². The summed E-state index contributed by atoms with van der Waals surface area (Å²) in [6.45, 7) is 6.50. The molecule has 0 saturated carbocycles. The van der Waals surface area contributed by atoms with Crippen LogP contribution in [0.1, 0.15) is 20.8 Å². The third-order valence-electron chi connectivity index (χ3n) is 3.87. The van der Waals surface area contributed by atoms with Crippen LogP contribution >= 0.6 is 0 Å². The van der Waals surface area contributed by atoms with Crippen molar-refractivity contribution < 1.29 is 14.5 Å². The van der Waals surface area contributed by atoms with Crippen molar-refractivity contribution in [3.63, 3.8) is 0 Å². The first-order chi connectivity index (χ1) is 8.65. The number of hydrogen-bond donors (Lipinski definition) is 0. The second kappa shape index (κ2) is 3.89. The van der Waals surface area contributed by atoms with Gasteiger partial charge in [-0.2, -0.15) is 4.89 Å². The fraction of sp³-hybridized carbons (Fsp3) is 0.333. The predicted octanol–water partition coefficient (Wildman–Crippen LogP) is 3.34. The summed E-state index contributed by atoms with van der Waals surface area (Å²) >= 11 is 0. The van der Waals surface area contributed by atoms with E-state index in [0.717, 1.165) is 22.5 Å². The zero-order valence-electron chi connectivity index (χ0n) is 10.8. The van der Waals surface area contributed by atoms with Crippen LogP contribution in [-0.2, 0) is 14.5 Å². The Kier molecular flexibility index (Phi) is 2.45. The molecule has 1 unspecified atom stereocenters. The zero-order chi connectivity index (χ0) is 12.8. The molecule has 1 aliphatic carbocycles. The van der Waals surface area contributed by atoms with Gasteiger partial charge in [0.2, 0.25) is 0 Å². The highest BCUT2D eigenvalue weighted by molar-refractivity contribution is 5.56. The molecule has 1 spiro atoms. The van der Waals surface area contributed by atoms with Crippen LogP contribution in [0.15, 0.2) is 58.6 Å². The van der Waals surface area contributed by atoms with Gasteiger partial charge in [0.15, 0.2) is 5.60 Å². The van der Waals surface area contributed by atoms with Crippen LogP contribution in [-0.4, -0.2) is 12.2 Å². The van der Waals surface area contributed by atoms with E-state index in [4.69, 9.17) is 14.5 Å². The van der Waals surface area contributed by atoms with Crippen molar-refractivity contribution in [2.75, 3.05) is 6.61 Å². The summed E-state index contributed by atoms with van der Waals surface area (Å²) in [5, 5.41) is 0. The van der Waals surface area contributed by atoms with Gasteiger partial charge in [-0.25, -0.2) is 0 Å². The molecular weight excluding hydrogens is 228 g/mol. The fourth-order valence-corrected chi connectivity index (χ4v) is 2.52. The van der Waals surface area contributed by atoms with Gasteiger partial charge in [-0.15, -0.1) is 0 Å². The lowest BCUT2D eigenvalue weighted by molar-refractivity contribution is -0.319. The number of rotatable bonds is 0. The van der Waals surface area contributed by atoms with E-state index in [1.807, 2.05) is 32.1 Å². The Balaban J connectivity index is 2.21. The zero-order valence-corrected chi connectivity index (χ0v) is 10.8. The van der Waals surface area contributed by atoms with Gasteiger partial charge >= 0.3 is 0 Å². The minimum absolute atomic E-state index is 0.437. The molecule has 1 atom stereocenters. The molecule has 2 aliphatic heterocycles. The van der Waals surface area contributed by atoms with Crippen LogP contribution in [0.5, 0.6) is 0 Å². The maximum Gasteiger partial charge on any atom is 0.199 e. The summed E-state index contributed by atoms with van der Waals surface area (Å²) in [5.74, 6) is 0.797. The molecule has 0 N–H and O–H groups in total. The molecular formula is C15H16O3. The standard InChI is InChI=1S/C15H16O3/c1-10-11(2)14-6-4-5-13-7-8-16-9-15(13,14)18-17-12(10)3/h4-8H,9H2,1-3H3. The first-order valence-corrected chi connectivity index (χ1v) is 6.07. The van der Waals surface area contributed by atoms with Crippen LogP contribution in [0.25, 0.3) is 0 Å². The Labute approximate surface area is 107 Å². The Morgan fingerprint density at radius 1 is 1.11 bits per heavy atom. The van der Waals surface area contributed by atoms with E-state index in [0.29, 0.717) is 6.61 Å². The summed E-state index contributed by atoms with van der Waals surface area (Å²) in [6, 6.07) is 0. The summed E-state index contributed by atoms with van der Waals surface area (Å²) in [5.41, 5.74) is 3.84. The second-order valence-corrected chi connectivity index (χ2v) is 4.81. The van der Waals surface area contributed by atoms with E-state index >= 15 is 0 Å². The molecule has 0 aromatic carbocycles. The molecule has 0 radical (unpaired) electrons. The quantitative estimate of drug-likeness (QED) is 0.612. The molecule has 18 heavy (non-hydrogen) atoms. The highest BCUT2D eigenvalue weighted by Gasteiger charge is 2.45. The highest BCUT2D eigenvalue weighted by atomic mass is 17.2. The fourth-order valence-electron chi connectivity index (χ4n) is 2.52. The van der Waals surface area contributed by atoms with E-state index in [2.05, 4.69) is 13.0 Å². The SMILES string of the molecule is CC1=C(C)C(C)=C2C=CC=C3C=COCC32OO1. The first-order valence-electron chi connectivity index (χ1n) is 6.07. The van der Waals surface area contributed by atoms with Crippen molar-refractivity contribution in [2.45, 2.75) is 26.4 Å². The van der Waals surface area contributed by atoms with Crippen LogP contribution in [0.3, 0.4) is 0 Å². The third-order valence-corrected chi connectivity index (χ3v) is 3.87. The Hall–Kier alpha value is -1.74. The predicted molar refractivity (Wildman–Crippen MR) is 68.3 cm³/mol. The van der Waals surface area contributed by atoms with Crippen molar-refractivity contribution >= 4 is 0 Å². The van der Waals surface area contributed by atoms with Gasteiger partial charge in [-0.1, -0.05) is 18.2 Å². The van der Waals surface area contributed by atoms with Gasteiger partial charge in [0.1, 0.15) is 12.4 Å². The van der Waals surface area contributed by atoms with Crippen LogP contribution in [0, 0.1) is 0 Å². The lowest BCUT2D eigenvalue weighted by Gasteiger charge is -2.37. The van der Waals surface area contributed by atoms with Gasteiger partial charge in [-0.05, 0) is 49.1 Å². The maximum atomic E-state index is 5.74. The summed E-state index contributed by atoms with van der Waals surface area (Å²) in [6.07, 6.45) is 9.78. The molecule has 0 aromatic rings. The smallest absolute Gasteiger partial charge is 0.199 e.